The minimum absolute atomic E-state index is 0.140. The molecule has 0 N–H and O–H groups in total. The number of unbranched alkanes of at least 4 members (excludes halogenated alkanes) is 6. The Morgan fingerprint density at radius 1 is 0.310 bits per heavy atom. The Morgan fingerprint density at radius 3 is 0.957 bits per heavy atom. The first-order valence-corrected chi connectivity index (χ1v) is 57.8. The van der Waals surface area contributed by atoms with E-state index in [1.54, 1.807) is 40.4 Å². The van der Waals surface area contributed by atoms with Crippen molar-refractivity contribution in [2.75, 3.05) is 13.2 Å². The van der Waals surface area contributed by atoms with Crippen LogP contribution in [0, 0.1) is 49.4 Å². The van der Waals surface area contributed by atoms with Gasteiger partial charge in [0.25, 0.3) is 0 Å². The van der Waals surface area contributed by atoms with Gasteiger partial charge in [0.2, 0.25) is 0 Å². The maximum absolute atomic E-state index is 15.1. The summed E-state index contributed by atoms with van der Waals surface area (Å²) in [4.78, 5) is 41.0. The molecule has 2 aromatic carbocycles. The van der Waals surface area contributed by atoms with Crippen molar-refractivity contribution in [2.45, 2.75) is 277 Å². The van der Waals surface area contributed by atoms with Crippen molar-refractivity contribution in [3.05, 3.63) is 122 Å². The van der Waals surface area contributed by atoms with Crippen molar-refractivity contribution in [1.29, 1.82) is 0 Å². The Bertz CT molecular complexity index is 5390. The summed E-state index contributed by atoms with van der Waals surface area (Å²) < 4.78 is 33.3. The molecule has 12 heterocycles. The van der Waals surface area contributed by atoms with Crippen LogP contribution in [0.4, 0.5) is 0 Å². The molecule has 0 aliphatic carbocycles. The van der Waals surface area contributed by atoms with Crippen molar-refractivity contribution in [2.24, 2.45) is 35.5 Å². The van der Waals surface area contributed by atoms with Gasteiger partial charge in [-0.2, -0.15) is 0 Å². The molecule has 0 radical (unpaired) electrons. The Morgan fingerprint density at radius 2 is 0.612 bits per heavy atom. The zero-order chi connectivity index (χ0) is 81.3. The van der Waals surface area contributed by atoms with Gasteiger partial charge in [-0.15, -0.1) is 0 Å². The molecule has 0 amide bonds. The maximum atomic E-state index is 15.1. The summed E-state index contributed by atoms with van der Waals surface area (Å²) in [7, 11) is 0. The van der Waals surface area contributed by atoms with Crippen LogP contribution >= 0.6 is 90.7 Å². The van der Waals surface area contributed by atoms with Crippen LogP contribution in [0.5, 0.6) is 0 Å². The van der Waals surface area contributed by atoms with E-state index in [0.717, 1.165) is 63.2 Å². The molecular formula is C100H122O4S8Se4. The molecular weight excluding hydrogens is 1840 g/mol. The van der Waals surface area contributed by atoms with E-state index in [0.29, 0.717) is 46.6 Å². The second-order valence-corrected chi connectivity index (χ2v) is 51.8. The summed E-state index contributed by atoms with van der Waals surface area (Å²) in [6, 6.07) is 35.2. The van der Waals surface area contributed by atoms with Crippen molar-refractivity contribution >= 4 is 221 Å². The molecule has 0 aliphatic rings. The molecule has 618 valence electrons. The predicted octanol–water partition coefficient (Wildman–Crippen LogP) is 33.4. The first-order valence-electron chi connectivity index (χ1n) is 44.4. The Labute approximate surface area is 749 Å². The van der Waals surface area contributed by atoms with Gasteiger partial charge in [0.1, 0.15) is 0 Å². The monoisotopic (exact) mass is 1960 g/mol. The number of fused-ring (bicyclic) bond motifs is 6. The fraction of sp³-hybridized carbons (Fsp3) is 0.500. The number of hydrogen-bond acceptors (Lipinski definition) is 12. The summed E-state index contributed by atoms with van der Waals surface area (Å²) in [5, 5.41) is 7.95. The molecule has 116 heavy (non-hydrogen) atoms. The molecule has 12 aromatic heterocycles. The summed E-state index contributed by atoms with van der Waals surface area (Å²) in [5.41, 5.74) is 5.77. The van der Waals surface area contributed by atoms with E-state index < -0.39 is 0 Å². The third-order valence-corrected chi connectivity index (χ3v) is 44.2. The number of esters is 2. The van der Waals surface area contributed by atoms with Gasteiger partial charge in [-0.1, -0.05) is 66.2 Å². The first kappa shape index (κ1) is 88.8. The molecule has 14 aromatic rings. The zero-order valence-corrected chi connectivity index (χ0v) is 84.7. The van der Waals surface area contributed by atoms with Crippen LogP contribution in [0.25, 0.3) is 130 Å². The molecule has 0 saturated carbocycles. The SMILES string of the molecule is CCCCC(CC)COC(=O)c1cc2c(C)sc(-c3cc4c(-c5ccc(CC(CC)CCCC)[se]5)c5sc(-c6sc(-c7cc8c(-c9ccc(CC(CC)CCCC)[se]9)c9sc(C)cc9c(-c9ccc(CC(CC)CCCC)[se]9)c8s7)c7cc(C(=O)OCC(CC)CCCC)sc67)cc5c(-c5ccc(CC(CC)CCCC)[se]5)c4s3)c2s1. The van der Waals surface area contributed by atoms with E-state index in [2.05, 4.69) is 182 Å². The van der Waals surface area contributed by atoms with Gasteiger partial charge in [-0.05, 0) is 24.7 Å². The van der Waals surface area contributed by atoms with Crippen LogP contribution in [0.15, 0.2) is 84.9 Å². The van der Waals surface area contributed by atoms with E-state index >= 15 is 4.79 Å². The number of benzene rings is 2. The molecule has 0 saturated heterocycles. The first-order chi connectivity index (χ1) is 56.6. The second-order valence-electron chi connectivity index (χ2n) is 33.2. The Kier molecular flexibility index (Phi) is 32.0. The number of carbonyl (C=O) groups excluding carboxylic acids is 2. The van der Waals surface area contributed by atoms with Crippen LogP contribution in [0.2, 0.25) is 0 Å². The zero-order valence-electron chi connectivity index (χ0n) is 71.3. The summed E-state index contributed by atoms with van der Waals surface area (Å²) >= 11 is 16.0. The van der Waals surface area contributed by atoms with Gasteiger partial charge < -0.3 is 0 Å². The number of thiophene rings is 8. The predicted molar refractivity (Wildman–Crippen MR) is 525 cm³/mol. The van der Waals surface area contributed by atoms with Gasteiger partial charge in [0.05, 0.1) is 0 Å². The number of aryl methyl sites for hydroxylation is 2. The van der Waals surface area contributed by atoms with Gasteiger partial charge in [-0.3, -0.25) is 0 Å². The fourth-order valence-electron chi connectivity index (χ4n) is 17.4. The van der Waals surface area contributed by atoms with E-state index in [1.807, 2.05) is 68.0 Å². The number of hydrogen-bond donors (Lipinski definition) is 0. The molecule has 6 unspecified atom stereocenters. The second kappa shape index (κ2) is 41.8. The molecule has 14 rings (SSSR count). The third-order valence-electron chi connectivity index (χ3n) is 24.8. The summed E-state index contributed by atoms with van der Waals surface area (Å²) in [5.74, 6) is 3.17. The van der Waals surface area contributed by atoms with Crippen molar-refractivity contribution in [1.82, 2.24) is 0 Å². The van der Waals surface area contributed by atoms with Gasteiger partial charge in [0.15, 0.2) is 0 Å². The van der Waals surface area contributed by atoms with Crippen LogP contribution in [-0.4, -0.2) is 83.2 Å². The van der Waals surface area contributed by atoms with Crippen LogP contribution in [0.3, 0.4) is 0 Å². The Balaban J connectivity index is 1.00. The normalized spacial score (nSPS) is 13.8. The van der Waals surface area contributed by atoms with Crippen LogP contribution in [0.1, 0.15) is 284 Å². The Hall–Kier alpha value is -3.46. The van der Waals surface area contributed by atoms with E-state index in [-0.39, 0.29) is 70.0 Å². The van der Waals surface area contributed by atoms with Gasteiger partial charge >= 0.3 is 666 Å². The third kappa shape index (κ3) is 19.8. The van der Waals surface area contributed by atoms with Crippen LogP contribution in [-0.2, 0) is 35.2 Å². The van der Waals surface area contributed by atoms with E-state index in [1.165, 1.54) is 268 Å². The van der Waals surface area contributed by atoms with E-state index in [4.69, 9.17) is 9.47 Å². The molecule has 16 heteroatoms. The average molecular weight is 1960 g/mol. The molecule has 0 bridgehead atoms. The van der Waals surface area contributed by atoms with E-state index in [9.17, 15) is 4.79 Å². The summed E-state index contributed by atoms with van der Waals surface area (Å²) in [6.45, 7) is 33.5. The topological polar surface area (TPSA) is 52.6 Å². The number of carbonyl (C=O) groups is 2. The van der Waals surface area contributed by atoms with Gasteiger partial charge in [-0.25, -0.2) is 0 Å². The standard InChI is InChI=1S/C100H122O4S8Se4/c1-15-27-33-61(21-7)48-67-39-43-82(113-67)86-72-47-59(13)105-91(72)87(83-44-40-68(114-83)49-62(22-8)34-28-16-2)73-53-77(107-92(73)86)90-76-56-81(100(102)104-58-66(26-12)38-32-20-6)111-96(76)98(112-90)79-55-75-89(85-46-42-70(116-85)51-64(24-10)36-30-18-4)93-74(88(94(75)109-79)84-45-41-69(115-84)50-63(23-9)35-29-17-3)54-78(108-93)97-95-71(60(14)106-97)52-80(110-95)99(101)103-57-65(25-11)37-31-19-5/h39-47,52-56,61-66H,15-38,48-51,57-58H2,1-14H3. The molecule has 0 aliphatic heterocycles. The van der Waals surface area contributed by atoms with Gasteiger partial charge in [0, 0.05) is 0 Å². The number of rotatable bonds is 45. The summed E-state index contributed by atoms with van der Waals surface area (Å²) in [6.07, 6.45) is 33.7. The molecule has 0 spiro atoms. The van der Waals surface area contributed by atoms with Crippen molar-refractivity contribution in [3.8, 4) is 69.3 Å². The van der Waals surface area contributed by atoms with Crippen molar-refractivity contribution < 1.29 is 19.1 Å². The average Bonchev–Trinajstić information content (AvgIpc) is 1.55. The van der Waals surface area contributed by atoms with Crippen molar-refractivity contribution in [3.63, 3.8) is 0 Å². The molecule has 4 nitrogen and oxygen atoms in total. The fourth-order valence-corrected chi connectivity index (χ4v) is 38.1. The van der Waals surface area contributed by atoms with Crippen LogP contribution < -0.4 is 0 Å². The minimum atomic E-state index is -0.189. The molecule has 6 atom stereocenters. The number of ether oxygens (including phenoxy) is 2. The molecule has 0 fully saturated rings. The quantitative estimate of drug-likeness (QED) is 0.0282.